The summed E-state index contributed by atoms with van der Waals surface area (Å²) in [6.45, 7) is 9.80. The molecule has 4 aromatic rings. The molecular weight excluding hydrogens is 524 g/mol. The van der Waals surface area contributed by atoms with E-state index >= 15 is 0 Å². The molecule has 0 aliphatic heterocycles. The summed E-state index contributed by atoms with van der Waals surface area (Å²) in [5.74, 6) is 0.391. The van der Waals surface area contributed by atoms with Gasteiger partial charge < -0.3 is 14.6 Å². The monoisotopic (exact) mass is 566 g/mol. The number of H-pyrrole nitrogens is 1. The lowest BCUT2D eigenvalue weighted by atomic mass is 10.0. The van der Waals surface area contributed by atoms with Crippen LogP contribution in [0.2, 0.25) is 0 Å². The Morgan fingerprint density at radius 2 is 1.93 bits per heavy atom. The zero-order valence-corrected chi connectivity index (χ0v) is 24.7. The summed E-state index contributed by atoms with van der Waals surface area (Å²) in [7, 11) is 0. The average molecular weight is 567 g/mol. The minimum atomic E-state index is -0.531. The molecular formula is C35H42N4O3. The van der Waals surface area contributed by atoms with Gasteiger partial charge in [-0.15, -0.1) is 0 Å². The van der Waals surface area contributed by atoms with Crippen molar-refractivity contribution in [3.63, 3.8) is 0 Å². The van der Waals surface area contributed by atoms with Gasteiger partial charge in [0, 0.05) is 48.9 Å². The number of carbonyl (C=O) groups is 1. The van der Waals surface area contributed by atoms with Gasteiger partial charge in [0.1, 0.15) is 12.4 Å². The third-order valence-corrected chi connectivity index (χ3v) is 8.39. The number of nitrogens with one attached hydrogen (secondary N) is 2. The molecule has 3 aromatic carbocycles. The number of hydrogen-bond donors (Lipinski definition) is 3. The molecule has 1 aliphatic rings. The van der Waals surface area contributed by atoms with E-state index in [1.54, 1.807) is 11.6 Å². The van der Waals surface area contributed by atoms with Gasteiger partial charge in [0.2, 0.25) is 0 Å². The van der Waals surface area contributed by atoms with Crippen molar-refractivity contribution in [3.05, 3.63) is 107 Å². The normalized spacial score (nSPS) is 14.7. The van der Waals surface area contributed by atoms with Crippen LogP contribution in [0.3, 0.4) is 0 Å². The van der Waals surface area contributed by atoms with Gasteiger partial charge in [-0.25, -0.2) is 5.48 Å². The third-order valence-electron chi connectivity index (χ3n) is 8.39. The Morgan fingerprint density at radius 1 is 1.07 bits per heavy atom. The molecule has 1 atom stereocenters. The van der Waals surface area contributed by atoms with E-state index in [1.165, 1.54) is 39.2 Å². The number of aryl methyl sites for hydroxylation is 1. The molecule has 0 saturated carbocycles. The summed E-state index contributed by atoms with van der Waals surface area (Å²) < 4.78 is 6.16. The zero-order chi connectivity index (χ0) is 29.3. The van der Waals surface area contributed by atoms with Crippen LogP contribution in [0.5, 0.6) is 5.75 Å². The molecule has 42 heavy (non-hydrogen) atoms. The van der Waals surface area contributed by atoms with Crippen LogP contribution < -0.4 is 10.2 Å². The number of aromatic nitrogens is 1. The van der Waals surface area contributed by atoms with E-state index in [9.17, 15) is 4.79 Å². The molecule has 5 rings (SSSR count). The summed E-state index contributed by atoms with van der Waals surface area (Å²) in [4.78, 5) is 19.9. The van der Waals surface area contributed by atoms with Crippen molar-refractivity contribution in [3.8, 4) is 5.75 Å². The van der Waals surface area contributed by atoms with Crippen molar-refractivity contribution < 1.29 is 14.7 Å². The van der Waals surface area contributed by atoms with Crippen LogP contribution in [-0.4, -0.2) is 58.7 Å². The Balaban J connectivity index is 1.35. The highest BCUT2D eigenvalue weighted by atomic mass is 16.5. The van der Waals surface area contributed by atoms with Crippen LogP contribution in [0.15, 0.2) is 79.0 Å². The summed E-state index contributed by atoms with van der Waals surface area (Å²) >= 11 is 0. The van der Waals surface area contributed by atoms with Crippen LogP contribution in [0.25, 0.3) is 17.0 Å². The minimum absolute atomic E-state index is 0.302. The van der Waals surface area contributed by atoms with Gasteiger partial charge >= 0.3 is 0 Å². The van der Waals surface area contributed by atoms with Crippen molar-refractivity contribution in [1.82, 2.24) is 20.3 Å². The molecule has 0 saturated heterocycles. The molecule has 0 spiro atoms. The van der Waals surface area contributed by atoms with E-state index in [1.807, 2.05) is 0 Å². The lowest BCUT2D eigenvalue weighted by Crippen LogP contribution is -2.29. The van der Waals surface area contributed by atoms with E-state index in [0.717, 1.165) is 63.3 Å². The first-order chi connectivity index (χ1) is 20.6. The Kier molecular flexibility index (Phi) is 10.1. The number of para-hydroxylation sites is 1. The highest BCUT2D eigenvalue weighted by Gasteiger charge is 2.28. The van der Waals surface area contributed by atoms with Gasteiger partial charge in [-0.2, -0.15) is 0 Å². The fourth-order valence-electron chi connectivity index (χ4n) is 6.06. The summed E-state index contributed by atoms with van der Waals surface area (Å²) in [5.41, 5.74) is 9.03. The predicted octanol–water partition coefficient (Wildman–Crippen LogP) is 6.14. The van der Waals surface area contributed by atoms with E-state index < -0.39 is 5.91 Å². The molecule has 220 valence electrons. The Hall–Kier alpha value is -3.91. The van der Waals surface area contributed by atoms with Gasteiger partial charge in [0.15, 0.2) is 0 Å². The number of ether oxygens (including phenoxy) is 1. The average Bonchev–Trinajstić information content (AvgIpc) is 3.64. The number of likely N-dealkylation sites (N-methyl/N-ethyl adjacent to an activating group) is 1. The molecule has 1 aromatic heterocycles. The first-order valence-corrected chi connectivity index (χ1v) is 15.1. The predicted molar refractivity (Wildman–Crippen MR) is 169 cm³/mol. The largest absolute Gasteiger partial charge is 0.492 e. The van der Waals surface area contributed by atoms with Crippen molar-refractivity contribution >= 4 is 22.9 Å². The van der Waals surface area contributed by atoms with Gasteiger partial charge in [0.05, 0.1) is 0 Å². The van der Waals surface area contributed by atoms with Crippen molar-refractivity contribution in [1.29, 1.82) is 0 Å². The second kappa shape index (κ2) is 14.3. The number of benzene rings is 3. The van der Waals surface area contributed by atoms with E-state index in [0.29, 0.717) is 12.6 Å². The zero-order valence-electron chi connectivity index (χ0n) is 24.7. The number of carbonyl (C=O) groups excluding carboxylic acids is 1. The second-order valence-corrected chi connectivity index (χ2v) is 10.9. The smallest absolute Gasteiger partial charge is 0.267 e. The number of aromatic amines is 1. The van der Waals surface area contributed by atoms with Crippen LogP contribution in [0, 0.1) is 0 Å². The minimum Gasteiger partial charge on any atom is -0.492 e. The standard InChI is InChI=1S/C35H42N4O3/c1-3-38(4-2)20-21-42-30-9-7-8-27(23-30)25-39(19-18-29-24-36-33-11-6-5-10-31(29)33)34-16-14-28-22-26(12-15-32(28)34)13-17-35(40)37-41/h5-13,15,17,22-24,34,36,41H,3-4,14,16,18-21,25H2,1-2H3,(H,37,40). The van der Waals surface area contributed by atoms with Crippen molar-refractivity contribution in [2.24, 2.45) is 0 Å². The molecule has 1 aliphatic carbocycles. The number of rotatable bonds is 14. The SMILES string of the molecule is CCN(CC)CCOc1cccc(CN(CCc2c[nH]c3ccccc23)C2CCc3cc(C=CC(=O)NO)ccc32)c1. The van der Waals surface area contributed by atoms with Gasteiger partial charge in [-0.1, -0.05) is 62.4 Å². The van der Waals surface area contributed by atoms with E-state index in [4.69, 9.17) is 9.94 Å². The Morgan fingerprint density at radius 3 is 2.76 bits per heavy atom. The third kappa shape index (κ3) is 7.29. The van der Waals surface area contributed by atoms with Crippen molar-refractivity contribution in [2.75, 3.05) is 32.8 Å². The highest BCUT2D eigenvalue weighted by molar-refractivity contribution is 5.90. The highest BCUT2D eigenvalue weighted by Crippen LogP contribution is 2.38. The maximum Gasteiger partial charge on any atom is 0.267 e. The topological polar surface area (TPSA) is 80.8 Å². The Bertz CT molecular complexity index is 1510. The first-order valence-electron chi connectivity index (χ1n) is 15.1. The number of fused-ring (bicyclic) bond motifs is 2. The summed E-state index contributed by atoms with van der Waals surface area (Å²) in [5, 5.41) is 10.1. The molecule has 1 unspecified atom stereocenters. The Labute approximate surface area is 248 Å². The molecule has 0 radical (unpaired) electrons. The first kappa shape index (κ1) is 29.6. The van der Waals surface area contributed by atoms with Crippen LogP contribution >= 0.6 is 0 Å². The van der Waals surface area contributed by atoms with E-state index in [-0.39, 0.29) is 0 Å². The van der Waals surface area contributed by atoms with Gasteiger partial charge in [0.25, 0.3) is 5.91 Å². The fourth-order valence-corrected chi connectivity index (χ4v) is 6.06. The van der Waals surface area contributed by atoms with Crippen LogP contribution in [0.4, 0.5) is 0 Å². The van der Waals surface area contributed by atoms with E-state index in [2.05, 4.69) is 102 Å². The maximum atomic E-state index is 11.5. The lowest BCUT2D eigenvalue weighted by molar-refractivity contribution is -0.124. The molecule has 3 N–H and O–H groups in total. The van der Waals surface area contributed by atoms with Crippen LogP contribution in [-0.2, 0) is 24.2 Å². The molecule has 7 heteroatoms. The number of nitrogens with zero attached hydrogens (tertiary/aromatic N) is 2. The summed E-state index contributed by atoms with van der Waals surface area (Å²) in [6.07, 6.45) is 8.22. The number of amides is 1. The van der Waals surface area contributed by atoms with Gasteiger partial charge in [-0.05, 0) is 84.4 Å². The quantitative estimate of drug-likeness (QED) is 0.0971. The lowest BCUT2D eigenvalue weighted by Gasteiger charge is -2.30. The fraction of sp³-hybridized carbons (Fsp3) is 0.343. The molecule has 0 bridgehead atoms. The summed E-state index contributed by atoms with van der Waals surface area (Å²) in [6, 6.07) is 23.8. The van der Waals surface area contributed by atoms with Crippen LogP contribution in [0.1, 0.15) is 54.1 Å². The molecule has 7 nitrogen and oxygen atoms in total. The molecule has 1 heterocycles. The number of hydroxylamine groups is 1. The number of hydrogen-bond acceptors (Lipinski definition) is 5. The molecule has 0 fully saturated rings. The van der Waals surface area contributed by atoms with Crippen molar-refractivity contribution in [2.45, 2.75) is 45.7 Å². The van der Waals surface area contributed by atoms with Gasteiger partial charge in [-0.3, -0.25) is 14.9 Å². The second-order valence-electron chi connectivity index (χ2n) is 10.9. The molecule has 1 amide bonds. The maximum absolute atomic E-state index is 11.5.